The van der Waals surface area contributed by atoms with Crippen molar-refractivity contribution in [3.63, 3.8) is 0 Å². The van der Waals surface area contributed by atoms with E-state index in [-0.39, 0.29) is 6.54 Å². The summed E-state index contributed by atoms with van der Waals surface area (Å²) in [5.74, 6) is -0.0300. The molecule has 3 heterocycles. The van der Waals surface area contributed by atoms with Crippen LogP contribution in [0.4, 0.5) is 19.1 Å². The van der Waals surface area contributed by atoms with Crippen LogP contribution in [0.25, 0.3) is 11.0 Å². The fraction of sp³-hybridized carbons (Fsp3) is 0.353. The number of alkyl halides is 1. The smallest absolute Gasteiger partial charge is 0.207 e. The monoisotopic (exact) mass is 362 g/mol. The van der Waals surface area contributed by atoms with Crippen molar-refractivity contribution in [3.05, 3.63) is 48.1 Å². The topological polar surface area (TPSA) is 72.9 Å². The van der Waals surface area contributed by atoms with Crippen molar-refractivity contribution in [1.29, 1.82) is 0 Å². The largest absolute Gasteiger partial charge is 0.340 e. The summed E-state index contributed by atoms with van der Waals surface area (Å²) in [6.45, 7) is 0.933. The number of anilines is 1. The van der Waals surface area contributed by atoms with Crippen LogP contribution in [0.5, 0.6) is 0 Å². The van der Waals surface area contributed by atoms with Gasteiger partial charge in [0.2, 0.25) is 5.95 Å². The van der Waals surface area contributed by atoms with Gasteiger partial charge in [0.05, 0.1) is 36.0 Å². The van der Waals surface area contributed by atoms with E-state index in [2.05, 4.69) is 15.0 Å². The Morgan fingerprint density at radius 3 is 2.65 bits per heavy atom. The third-order valence-corrected chi connectivity index (χ3v) is 4.52. The van der Waals surface area contributed by atoms with Gasteiger partial charge in [-0.1, -0.05) is 0 Å². The van der Waals surface area contributed by atoms with Crippen molar-refractivity contribution in [2.75, 3.05) is 18.0 Å². The maximum atomic E-state index is 13.8. The Morgan fingerprint density at radius 1 is 1.15 bits per heavy atom. The van der Waals surface area contributed by atoms with Gasteiger partial charge in [-0.15, -0.1) is 0 Å². The maximum absolute atomic E-state index is 13.8. The van der Waals surface area contributed by atoms with E-state index in [1.807, 2.05) is 4.90 Å². The molecule has 1 aliphatic rings. The standard InChI is InChI=1S/C17H17F3N6/c18-10-1-2-14-15(5-10)26(9-16-22-6-11(19)7-23-16)17(24-14)25-4-3-12(20)13(21)8-25/h1-2,5-7,12-13H,3-4,8-9,21H2/t12-,13-/m1/s1. The van der Waals surface area contributed by atoms with E-state index in [0.29, 0.717) is 42.3 Å². The quantitative estimate of drug-likeness (QED) is 0.772. The van der Waals surface area contributed by atoms with Gasteiger partial charge in [-0.2, -0.15) is 0 Å². The number of piperidine rings is 1. The fourth-order valence-electron chi connectivity index (χ4n) is 3.18. The number of imidazole rings is 1. The molecule has 3 aromatic rings. The predicted octanol–water partition coefficient (Wildman–Crippen LogP) is 2.03. The first-order valence-electron chi connectivity index (χ1n) is 8.28. The minimum atomic E-state index is -1.05. The second kappa shape index (κ2) is 6.56. The van der Waals surface area contributed by atoms with Crippen molar-refractivity contribution < 1.29 is 13.2 Å². The van der Waals surface area contributed by atoms with Crippen molar-refractivity contribution in [2.24, 2.45) is 5.73 Å². The van der Waals surface area contributed by atoms with Crippen molar-refractivity contribution in [1.82, 2.24) is 19.5 Å². The molecule has 26 heavy (non-hydrogen) atoms. The van der Waals surface area contributed by atoms with Gasteiger partial charge in [-0.25, -0.2) is 28.1 Å². The lowest BCUT2D eigenvalue weighted by Gasteiger charge is -2.34. The Morgan fingerprint density at radius 2 is 1.92 bits per heavy atom. The number of nitrogens with two attached hydrogens (primary N) is 1. The molecule has 0 aliphatic carbocycles. The number of hydrogen-bond acceptors (Lipinski definition) is 5. The third kappa shape index (κ3) is 3.10. The molecule has 1 fully saturated rings. The van der Waals surface area contributed by atoms with Crippen LogP contribution in [-0.2, 0) is 6.54 Å². The number of halogens is 3. The van der Waals surface area contributed by atoms with Gasteiger partial charge >= 0.3 is 0 Å². The minimum Gasteiger partial charge on any atom is -0.340 e. The van der Waals surface area contributed by atoms with Crippen LogP contribution < -0.4 is 10.6 Å². The van der Waals surface area contributed by atoms with Crippen LogP contribution >= 0.6 is 0 Å². The van der Waals surface area contributed by atoms with Gasteiger partial charge in [0.15, 0.2) is 5.82 Å². The Bertz CT molecular complexity index is 926. The average Bonchev–Trinajstić information content (AvgIpc) is 2.97. The molecule has 1 saturated heterocycles. The second-order valence-electron chi connectivity index (χ2n) is 6.36. The van der Waals surface area contributed by atoms with Crippen molar-refractivity contribution in [3.8, 4) is 0 Å². The summed E-state index contributed by atoms with van der Waals surface area (Å²) >= 11 is 0. The van der Waals surface area contributed by atoms with Gasteiger partial charge in [0.25, 0.3) is 0 Å². The summed E-state index contributed by atoms with van der Waals surface area (Å²) in [6, 6.07) is 3.67. The molecule has 9 heteroatoms. The van der Waals surface area contributed by atoms with Gasteiger partial charge in [-0.05, 0) is 24.6 Å². The first-order valence-corrected chi connectivity index (χ1v) is 8.28. The summed E-state index contributed by atoms with van der Waals surface area (Å²) in [5, 5.41) is 0. The van der Waals surface area contributed by atoms with Crippen molar-refractivity contribution >= 4 is 17.0 Å². The lowest BCUT2D eigenvalue weighted by Crippen LogP contribution is -2.50. The highest BCUT2D eigenvalue weighted by Gasteiger charge is 2.29. The van der Waals surface area contributed by atoms with Gasteiger partial charge in [0.1, 0.15) is 17.8 Å². The summed E-state index contributed by atoms with van der Waals surface area (Å²) < 4.78 is 42.3. The van der Waals surface area contributed by atoms with Crippen LogP contribution in [0.3, 0.4) is 0 Å². The number of rotatable bonds is 3. The highest BCUT2D eigenvalue weighted by molar-refractivity contribution is 5.79. The van der Waals surface area contributed by atoms with Crippen LogP contribution in [0, 0.1) is 11.6 Å². The lowest BCUT2D eigenvalue weighted by molar-refractivity contribution is 0.243. The number of benzene rings is 1. The highest BCUT2D eigenvalue weighted by atomic mass is 19.1. The van der Waals surface area contributed by atoms with E-state index in [1.165, 1.54) is 12.1 Å². The minimum absolute atomic E-state index is 0.181. The zero-order valence-electron chi connectivity index (χ0n) is 13.8. The third-order valence-electron chi connectivity index (χ3n) is 4.52. The van der Waals surface area contributed by atoms with Crippen LogP contribution in [0.15, 0.2) is 30.6 Å². The molecule has 4 rings (SSSR count). The molecule has 0 saturated carbocycles. The van der Waals surface area contributed by atoms with E-state index in [1.54, 1.807) is 10.6 Å². The zero-order chi connectivity index (χ0) is 18.3. The Kier molecular flexibility index (Phi) is 4.23. The van der Waals surface area contributed by atoms with Crippen LogP contribution in [0.1, 0.15) is 12.2 Å². The Labute approximate surface area is 147 Å². The normalized spacial score (nSPS) is 20.7. The van der Waals surface area contributed by atoms with Gasteiger partial charge in [-0.3, -0.25) is 0 Å². The first kappa shape index (κ1) is 16.8. The Balaban J connectivity index is 1.77. The average molecular weight is 362 g/mol. The highest BCUT2D eigenvalue weighted by Crippen LogP contribution is 2.27. The van der Waals surface area contributed by atoms with Crippen LogP contribution in [0.2, 0.25) is 0 Å². The molecule has 0 amide bonds. The molecule has 2 N–H and O–H groups in total. The molecule has 136 valence electrons. The number of aromatic nitrogens is 4. The molecule has 0 radical (unpaired) electrons. The molecular formula is C17H17F3N6. The van der Waals surface area contributed by atoms with E-state index in [0.717, 1.165) is 12.4 Å². The molecular weight excluding hydrogens is 345 g/mol. The maximum Gasteiger partial charge on any atom is 0.207 e. The predicted molar refractivity (Wildman–Crippen MR) is 90.5 cm³/mol. The van der Waals surface area contributed by atoms with Crippen LogP contribution in [-0.4, -0.2) is 44.8 Å². The summed E-state index contributed by atoms with van der Waals surface area (Å²) in [5.41, 5.74) is 7.02. The number of hydrogen-bond donors (Lipinski definition) is 1. The van der Waals surface area contributed by atoms with Gasteiger partial charge in [0, 0.05) is 13.1 Å². The summed E-state index contributed by atoms with van der Waals surface area (Å²) in [7, 11) is 0. The molecule has 0 spiro atoms. The molecule has 1 aromatic carbocycles. The van der Waals surface area contributed by atoms with Gasteiger partial charge < -0.3 is 15.2 Å². The van der Waals surface area contributed by atoms with E-state index < -0.39 is 23.8 Å². The van der Waals surface area contributed by atoms with E-state index in [4.69, 9.17) is 5.73 Å². The Hall–Kier alpha value is -2.68. The molecule has 2 aromatic heterocycles. The van der Waals surface area contributed by atoms with E-state index in [9.17, 15) is 13.2 Å². The second-order valence-corrected chi connectivity index (χ2v) is 6.36. The summed E-state index contributed by atoms with van der Waals surface area (Å²) in [6.07, 6.45) is 1.39. The number of nitrogens with zero attached hydrogens (tertiary/aromatic N) is 5. The first-order chi connectivity index (χ1) is 12.5. The molecule has 0 unspecified atom stereocenters. The van der Waals surface area contributed by atoms with Crippen molar-refractivity contribution in [2.45, 2.75) is 25.2 Å². The molecule has 1 aliphatic heterocycles. The lowest BCUT2D eigenvalue weighted by atomic mass is 10.1. The molecule has 2 atom stereocenters. The number of fused-ring (bicyclic) bond motifs is 1. The zero-order valence-corrected chi connectivity index (χ0v) is 13.8. The SMILES string of the molecule is N[C@@H]1CN(c2nc3ccc(F)cc3n2Cc2ncc(F)cn2)CC[C@H]1F. The fourth-order valence-corrected chi connectivity index (χ4v) is 3.18. The molecule has 0 bridgehead atoms. The molecule has 6 nitrogen and oxygen atoms in total. The summed E-state index contributed by atoms with van der Waals surface area (Å²) in [4.78, 5) is 14.4. The van der Waals surface area contributed by atoms with E-state index >= 15 is 0 Å².